The van der Waals surface area contributed by atoms with E-state index in [2.05, 4.69) is 12.7 Å². The summed E-state index contributed by atoms with van der Waals surface area (Å²) in [5.74, 6) is -0.400. The second-order valence-electron chi connectivity index (χ2n) is 7.46. The fourth-order valence-corrected chi connectivity index (χ4v) is 4.91. The van der Waals surface area contributed by atoms with Crippen LogP contribution in [0.15, 0.2) is 18.2 Å². The highest BCUT2D eigenvalue weighted by atomic mass is 16.4. The quantitative estimate of drug-likeness (QED) is 0.762. The SMILES string of the molecule is CN.CN(C(=O)CCC(=O)O)[C@H]1C2CCC[C@]1(C)c1cc(O)ccc1C2. The normalized spacial score (nSPS) is 26.2. The molecule has 2 aliphatic carbocycles. The lowest BCUT2D eigenvalue weighted by molar-refractivity contribution is -0.142. The van der Waals surface area contributed by atoms with E-state index in [0.29, 0.717) is 5.92 Å². The van der Waals surface area contributed by atoms with E-state index in [9.17, 15) is 14.7 Å². The summed E-state index contributed by atoms with van der Waals surface area (Å²) in [4.78, 5) is 25.1. The third-order valence-electron chi connectivity index (χ3n) is 5.92. The first-order valence-corrected chi connectivity index (χ1v) is 9.20. The standard InChI is InChI=1S/C19H25NO4.CH5N/c1-19-9-3-4-13(10-12-5-6-14(21)11-15(12)19)18(19)20(2)16(22)7-8-17(23)24;1-2/h5-6,11,13,18,21H,3-4,7-10H2,1-2H3,(H,23,24);2H2,1H3/t13?,18-,19+;/m0./s1. The van der Waals surface area contributed by atoms with Gasteiger partial charge in [0, 0.05) is 24.9 Å². The van der Waals surface area contributed by atoms with Crippen LogP contribution < -0.4 is 5.73 Å². The van der Waals surface area contributed by atoms with Crippen LogP contribution in [-0.4, -0.2) is 47.1 Å². The minimum Gasteiger partial charge on any atom is -0.508 e. The number of fused-ring (bicyclic) bond motifs is 4. The summed E-state index contributed by atoms with van der Waals surface area (Å²) in [5.41, 5.74) is 6.71. The van der Waals surface area contributed by atoms with Crippen LogP contribution in [0.5, 0.6) is 5.75 Å². The number of benzene rings is 1. The molecule has 0 radical (unpaired) electrons. The predicted molar refractivity (Wildman–Crippen MR) is 100 cm³/mol. The number of carbonyl (C=O) groups excluding carboxylic acids is 1. The number of aliphatic carboxylic acids is 1. The van der Waals surface area contributed by atoms with Crippen molar-refractivity contribution in [2.45, 2.75) is 56.9 Å². The van der Waals surface area contributed by atoms with Gasteiger partial charge in [0.25, 0.3) is 0 Å². The first-order chi connectivity index (χ1) is 12.3. The number of carbonyl (C=O) groups is 2. The van der Waals surface area contributed by atoms with E-state index in [1.807, 2.05) is 12.1 Å². The Morgan fingerprint density at radius 3 is 2.65 bits per heavy atom. The molecule has 26 heavy (non-hydrogen) atoms. The summed E-state index contributed by atoms with van der Waals surface area (Å²) in [6, 6.07) is 5.64. The van der Waals surface area contributed by atoms with E-state index in [1.165, 1.54) is 12.6 Å². The highest BCUT2D eigenvalue weighted by molar-refractivity contribution is 5.81. The van der Waals surface area contributed by atoms with E-state index in [0.717, 1.165) is 31.2 Å². The summed E-state index contributed by atoms with van der Waals surface area (Å²) in [5, 5.41) is 18.8. The summed E-state index contributed by atoms with van der Waals surface area (Å²) in [6.07, 6.45) is 3.99. The van der Waals surface area contributed by atoms with Crippen LogP contribution in [0.25, 0.3) is 0 Å². The second kappa shape index (κ2) is 8.08. The first-order valence-electron chi connectivity index (χ1n) is 9.20. The van der Waals surface area contributed by atoms with Crippen LogP contribution in [0.1, 0.15) is 50.2 Å². The molecule has 144 valence electrons. The number of hydrogen-bond acceptors (Lipinski definition) is 4. The third kappa shape index (κ3) is 3.70. The van der Waals surface area contributed by atoms with Crippen molar-refractivity contribution in [1.29, 1.82) is 0 Å². The molecular formula is C20H30N2O4. The Balaban J connectivity index is 0.00000117. The van der Waals surface area contributed by atoms with Crippen LogP contribution in [0.2, 0.25) is 0 Å². The van der Waals surface area contributed by atoms with Crippen molar-refractivity contribution in [1.82, 2.24) is 4.90 Å². The first kappa shape index (κ1) is 20.2. The molecule has 2 bridgehead atoms. The van der Waals surface area contributed by atoms with E-state index >= 15 is 0 Å². The number of likely N-dealkylation sites (N-methyl/N-ethyl adjacent to an activating group) is 1. The van der Waals surface area contributed by atoms with Crippen LogP contribution in [-0.2, 0) is 21.4 Å². The highest BCUT2D eigenvalue weighted by Gasteiger charge is 2.50. The van der Waals surface area contributed by atoms with Gasteiger partial charge < -0.3 is 20.8 Å². The van der Waals surface area contributed by atoms with Gasteiger partial charge in [0.2, 0.25) is 5.91 Å². The largest absolute Gasteiger partial charge is 0.508 e. The van der Waals surface area contributed by atoms with Crippen molar-refractivity contribution in [3.63, 3.8) is 0 Å². The van der Waals surface area contributed by atoms with Gasteiger partial charge in [-0.2, -0.15) is 0 Å². The molecule has 3 atom stereocenters. The average molecular weight is 362 g/mol. The fourth-order valence-electron chi connectivity index (χ4n) is 4.91. The third-order valence-corrected chi connectivity index (χ3v) is 5.92. The van der Waals surface area contributed by atoms with Gasteiger partial charge in [0.1, 0.15) is 5.75 Å². The Morgan fingerprint density at radius 1 is 1.31 bits per heavy atom. The van der Waals surface area contributed by atoms with Gasteiger partial charge in [-0.1, -0.05) is 19.4 Å². The van der Waals surface area contributed by atoms with Crippen molar-refractivity contribution >= 4 is 11.9 Å². The number of phenolic OH excluding ortho intramolecular Hbond substituents is 1. The zero-order valence-corrected chi connectivity index (χ0v) is 15.9. The summed E-state index contributed by atoms with van der Waals surface area (Å²) in [6.45, 7) is 2.18. The Bertz CT molecular complexity index is 676. The number of carboxylic acid groups (broad SMARTS) is 1. The van der Waals surface area contributed by atoms with Crippen LogP contribution in [0.3, 0.4) is 0 Å². The topological polar surface area (TPSA) is 104 Å². The van der Waals surface area contributed by atoms with E-state index < -0.39 is 5.97 Å². The Labute approximate surface area is 155 Å². The molecule has 0 aromatic heterocycles. The van der Waals surface area contributed by atoms with Crippen molar-refractivity contribution < 1.29 is 19.8 Å². The second-order valence-corrected chi connectivity index (χ2v) is 7.46. The van der Waals surface area contributed by atoms with Crippen LogP contribution >= 0.6 is 0 Å². The lowest BCUT2D eigenvalue weighted by Crippen LogP contribution is -2.58. The molecule has 6 nitrogen and oxygen atoms in total. The number of nitrogens with two attached hydrogens (primary N) is 1. The molecule has 1 aromatic carbocycles. The summed E-state index contributed by atoms with van der Waals surface area (Å²) in [7, 11) is 3.30. The number of rotatable bonds is 4. The molecule has 1 aromatic rings. The van der Waals surface area contributed by atoms with Gasteiger partial charge in [0.05, 0.1) is 6.42 Å². The molecule has 4 N–H and O–H groups in total. The van der Waals surface area contributed by atoms with E-state index in [-0.39, 0.29) is 36.0 Å². The number of carboxylic acids is 1. The lowest BCUT2D eigenvalue weighted by Gasteiger charge is -2.54. The molecule has 6 heteroatoms. The van der Waals surface area contributed by atoms with Crippen LogP contribution in [0.4, 0.5) is 0 Å². The monoisotopic (exact) mass is 362 g/mol. The average Bonchev–Trinajstić information content (AvgIpc) is 2.61. The molecule has 0 aliphatic heterocycles. The van der Waals surface area contributed by atoms with Gasteiger partial charge in [-0.05, 0) is 55.5 Å². The van der Waals surface area contributed by atoms with Crippen molar-refractivity contribution in [2.24, 2.45) is 11.7 Å². The molecule has 2 aliphatic rings. The summed E-state index contributed by atoms with van der Waals surface area (Å²) >= 11 is 0. The lowest BCUT2D eigenvalue weighted by atomic mass is 9.57. The van der Waals surface area contributed by atoms with Crippen molar-refractivity contribution in [2.75, 3.05) is 14.1 Å². The number of nitrogens with zero attached hydrogens (tertiary/aromatic N) is 1. The molecule has 1 fully saturated rings. The van der Waals surface area contributed by atoms with E-state index in [4.69, 9.17) is 5.11 Å². The molecule has 0 saturated heterocycles. The van der Waals surface area contributed by atoms with Gasteiger partial charge >= 0.3 is 5.97 Å². The smallest absolute Gasteiger partial charge is 0.303 e. The maximum absolute atomic E-state index is 12.5. The Hall–Kier alpha value is -2.08. The van der Waals surface area contributed by atoms with E-state index in [1.54, 1.807) is 18.0 Å². The minimum absolute atomic E-state index is 0.0397. The molecular weight excluding hydrogens is 332 g/mol. The summed E-state index contributed by atoms with van der Waals surface area (Å²) < 4.78 is 0. The molecule has 0 spiro atoms. The van der Waals surface area contributed by atoms with Crippen molar-refractivity contribution in [3.05, 3.63) is 29.3 Å². The Morgan fingerprint density at radius 2 is 2.00 bits per heavy atom. The number of hydrogen-bond donors (Lipinski definition) is 3. The number of amides is 1. The number of aromatic hydroxyl groups is 1. The maximum atomic E-state index is 12.5. The zero-order valence-electron chi connectivity index (χ0n) is 15.9. The highest BCUT2D eigenvalue weighted by Crippen LogP contribution is 2.51. The zero-order chi connectivity index (χ0) is 19.5. The van der Waals surface area contributed by atoms with Gasteiger partial charge in [-0.3, -0.25) is 9.59 Å². The van der Waals surface area contributed by atoms with Gasteiger partial charge in [-0.15, -0.1) is 0 Å². The molecule has 1 saturated carbocycles. The van der Waals surface area contributed by atoms with Crippen molar-refractivity contribution in [3.8, 4) is 5.75 Å². The molecule has 3 rings (SSSR count). The van der Waals surface area contributed by atoms with Crippen LogP contribution in [0, 0.1) is 5.92 Å². The minimum atomic E-state index is -0.943. The van der Waals surface area contributed by atoms with Gasteiger partial charge in [0.15, 0.2) is 0 Å². The van der Waals surface area contributed by atoms with Gasteiger partial charge in [-0.25, -0.2) is 0 Å². The maximum Gasteiger partial charge on any atom is 0.303 e. The molecule has 1 unspecified atom stereocenters. The fraction of sp³-hybridized carbons (Fsp3) is 0.600. The molecule has 1 amide bonds. The predicted octanol–water partition coefficient (Wildman–Crippen LogP) is 2.27. The molecule has 0 heterocycles. The Kier molecular flexibility index (Phi) is 6.29. The number of phenols is 1.